The van der Waals surface area contributed by atoms with E-state index in [-0.39, 0.29) is 5.75 Å². The fourth-order valence-electron chi connectivity index (χ4n) is 0.746. The smallest absolute Gasteiger partial charge is 0.375 e. The predicted molar refractivity (Wildman–Crippen MR) is 38.5 cm³/mol. The highest BCUT2D eigenvalue weighted by Gasteiger charge is 2.15. The number of carbonyl (C=O) groups is 1. The van der Waals surface area contributed by atoms with Gasteiger partial charge in [0.1, 0.15) is 0 Å². The summed E-state index contributed by atoms with van der Waals surface area (Å²) in [6.07, 6.45) is 1.01. The van der Waals surface area contributed by atoms with E-state index < -0.39 is 17.2 Å². The molecule has 0 aliphatic rings. The molecule has 1 aromatic heterocycles. The van der Waals surface area contributed by atoms with Gasteiger partial charge in [0.2, 0.25) is 11.2 Å². The molecule has 0 unspecified atom stereocenters. The van der Waals surface area contributed by atoms with Gasteiger partial charge in [0, 0.05) is 6.07 Å². The minimum atomic E-state index is -1.33. The second-order valence-electron chi connectivity index (χ2n) is 1.95. The molecule has 0 spiro atoms. The highest BCUT2D eigenvalue weighted by Crippen LogP contribution is 2.10. The van der Waals surface area contributed by atoms with Crippen molar-refractivity contribution in [1.29, 1.82) is 0 Å². The Kier molecular flexibility index (Phi) is 2.14. The van der Waals surface area contributed by atoms with Crippen LogP contribution in [0.4, 0.5) is 0 Å². The van der Waals surface area contributed by atoms with Gasteiger partial charge in [-0.25, -0.2) is 4.79 Å². The quantitative estimate of drug-likeness (QED) is 0.692. The molecule has 0 atom stereocenters. The lowest BCUT2D eigenvalue weighted by Gasteiger charge is -1.99. The van der Waals surface area contributed by atoms with Crippen molar-refractivity contribution in [3.05, 3.63) is 28.3 Å². The number of hydrogen-bond acceptors (Lipinski definition) is 4. The van der Waals surface area contributed by atoms with Crippen LogP contribution in [-0.2, 0) is 0 Å². The zero-order valence-electron chi connectivity index (χ0n) is 6.23. The van der Waals surface area contributed by atoms with E-state index in [1.165, 1.54) is 7.11 Å². The van der Waals surface area contributed by atoms with Gasteiger partial charge in [0.05, 0.1) is 13.4 Å². The minimum absolute atomic E-state index is 0.287. The van der Waals surface area contributed by atoms with E-state index in [0.717, 1.165) is 12.3 Å². The maximum Gasteiger partial charge on any atom is 0.375 e. The molecule has 0 amide bonds. The normalized spacial score (nSPS) is 9.42. The number of rotatable bonds is 2. The van der Waals surface area contributed by atoms with Gasteiger partial charge in [-0.1, -0.05) is 0 Å². The molecule has 12 heavy (non-hydrogen) atoms. The van der Waals surface area contributed by atoms with Crippen molar-refractivity contribution in [3.8, 4) is 5.75 Å². The molecule has 0 bridgehead atoms. The van der Waals surface area contributed by atoms with Crippen LogP contribution in [0.1, 0.15) is 10.6 Å². The van der Waals surface area contributed by atoms with Crippen molar-refractivity contribution in [2.45, 2.75) is 0 Å². The first-order valence-electron chi connectivity index (χ1n) is 3.06. The minimum Gasteiger partial charge on any atom is -0.489 e. The van der Waals surface area contributed by atoms with Gasteiger partial charge < -0.3 is 14.3 Å². The number of carboxylic acids is 1. The second-order valence-corrected chi connectivity index (χ2v) is 1.95. The zero-order valence-corrected chi connectivity index (χ0v) is 6.23. The van der Waals surface area contributed by atoms with Crippen LogP contribution >= 0.6 is 0 Å². The summed E-state index contributed by atoms with van der Waals surface area (Å²) < 4.78 is 9.12. The first kappa shape index (κ1) is 8.32. The standard InChI is InChI=1S/C7H6O5/c1-11-5-4(8)2-3-12-6(5)7(9)10/h2-3H,1H3,(H,9,10). The fourth-order valence-corrected chi connectivity index (χ4v) is 0.746. The van der Waals surface area contributed by atoms with E-state index in [1.807, 2.05) is 0 Å². The summed E-state index contributed by atoms with van der Waals surface area (Å²) in [7, 11) is 1.21. The van der Waals surface area contributed by atoms with Crippen LogP contribution in [0.3, 0.4) is 0 Å². The van der Waals surface area contributed by atoms with E-state index in [9.17, 15) is 9.59 Å². The fraction of sp³-hybridized carbons (Fsp3) is 0.143. The van der Waals surface area contributed by atoms with E-state index in [4.69, 9.17) is 5.11 Å². The maximum absolute atomic E-state index is 10.9. The number of ether oxygens (including phenoxy) is 1. The Bertz CT molecular complexity index is 351. The van der Waals surface area contributed by atoms with E-state index in [0.29, 0.717) is 0 Å². The molecule has 1 heterocycles. The lowest BCUT2D eigenvalue weighted by molar-refractivity contribution is 0.0653. The zero-order chi connectivity index (χ0) is 9.14. The van der Waals surface area contributed by atoms with Gasteiger partial charge >= 0.3 is 5.97 Å². The summed E-state index contributed by atoms with van der Waals surface area (Å²) in [5, 5.41) is 8.51. The molecule has 0 aromatic carbocycles. The first-order chi connectivity index (χ1) is 5.66. The van der Waals surface area contributed by atoms with E-state index in [2.05, 4.69) is 9.15 Å². The van der Waals surface area contributed by atoms with Crippen LogP contribution < -0.4 is 10.2 Å². The summed E-state index contributed by atoms with van der Waals surface area (Å²) in [5.74, 6) is -2.10. The van der Waals surface area contributed by atoms with Crippen molar-refractivity contribution in [2.24, 2.45) is 0 Å². The van der Waals surface area contributed by atoms with E-state index >= 15 is 0 Å². The van der Waals surface area contributed by atoms with Crippen LogP contribution in [0.25, 0.3) is 0 Å². The molecule has 1 N–H and O–H groups in total. The molecular formula is C7H6O5. The molecule has 0 aliphatic heterocycles. The monoisotopic (exact) mass is 170 g/mol. The third-order valence-electron chi connectivity index (χ3n) is 1.23. The van der Waals surface area contributed by atoms with Gasteiger partial charge in [-0.05, 0) is 0 Å². The molecule has 1 aromatic rings. The number of methoxy groups -OCH3 is 1. The maximum atomic E-state index is 10.9. The first-order valence-corrected chi connectivity index (χ1v) is 3.06. The lowest BCUT2D eigenvalue weighted by Crippen LogP contribution is -2.10. The molecule has 0 fully saturated rings. The van der Waals surface area contributed by atoms with Crippen LogP contribution in [0.5, 0.6) is 5.75 Å². The Morgan fingerprint density at radius 3 is 2.75 bits per heavy atom. The van der Waals surface area contributed by atoms with Gasteiger partial charge in [-0.2, -0.15) is 0 Å². The topological polar surface area (TPSA) is 76.7 Å². The van der Waals surface area contributed by atoms with Crippen molar-refractivity contribution in [3.63, 3.8) is 0 Å². The Labute approximate surface area is 67.2 Å². The second kappa shape index (κ2) is 3.08. The summed E-state index contributed by atoms with van der Waals surface area (Å²) >= 11 is 0. The summed E-state index contributed by atoms with van der Waals surface area (Å²) in [5.41, 5.74) is -0.513. The van der Waals surface area contributed by atoms with Gasteiger partial charge in [0.15, 0.2) is 0 Å². The SMILES string of the molecule is COc1c(C(=O)O)occc1=O. The average Bonchev–Trinajstić information content (AvgIpc) is 2.03. The Morgan fingerprint density at radius 2 is 2.33 bits per heavy atom. The average molecular weight is 170 g/mol. The predicted octanol–water partition coefficient (Wildman–Crippen LogP) is 0.347. The van der Waals surface area contributed by atoms with Crippen molar-refractivity contribution in [2.75, 3.05) is 7.11 Å². The highest BCUT2D eigenvalue weighted by molar-refractivity contribution is 5.87. The molecule has 5 nitrogen and oxygen atoms in total. The Balaban J connectivity index is 3.38. The van der Waals surface area contributed by atoms with Gasteiger partial charge in [-0.3, -0.25) is 4.79 Å². The third kappa shape index (κ3) is 1.29. The summed E-state index contributed by atoms with van der Waals surface area (Å²) in [6.45, 7) is 0. The van der Waals surface area contributed by atoms with Crippen LogP contribution in [0, 0.1) is 0 Å². The highest BCUT2D eigenvalue weighted by atomic mass is 16.5. The van der Waals surface area contributed by atoms with Crippen LogP contribution in [0.15, 0.2) is 21.5 Å². The summed E-state index contributed by atoms with van der Waals surface area (Å²) in [6, 6.07) is 1.09. The molecule has 5 heteroatoms. The largest absolute Gasteiger partial charge is 0.489 e. The van der Waals surface area contributed by atoms with Gasteiger partial charge in [0.25, 0.3) is 5.76 Å². The summed E-state index contributed by atoms with van der Waals surface area (Å²) in [4.78, 5) is 21.3. The molecule has 0 saturated heterocycles. The third-order valence-corrected chi connectivity index (χ3v) is 1.23. The molecule has 0 saturated carbocycles. The Hall–Kier alpha value is -1.78. The number of hydrogen-bond donors (Lipinski definition) is 1. The lowest BCUT2D eigenvalue weighted by atomic mass is 10.3. The Morgan fingerprint density at radius 1 is 1.67 bits per heavy atom. The molecular weight excluding hydrogens is 164 g/mol. The van der Waals surface area contributed by atoms with Crippen LogP contribution in [0.2, 0.25) is 0 Å². The molecule has 64 valence electrons. The molecule has 0 aliphatic carbocycles. The van der Waals surface area contributed by atoms with Crippen molar-refractivity contribution < 1.29 is 19.1 Å². The number of carboxylic acid groups (broad SMARTS) is 1. The number of aromatic carboxylic acids is 1. The van der Waals surface area contributed by atoms with Gasteiger partial charge in [-0.15, -0.1) is 0 Å². The van der Waals surface area contributed by atoms with Crippen LogP contribution in [-0.4, -0.2) is 18.2 Å². The van der Waals surface area contributed by atoms with E-state index in [1.54, 1.807) is 0 Å². The molecule has 1 rings (SSSR count). The molecule has 0 radical (unpaired) electrons. The van der Waals surface area contributed by atoms with Crippen molar-refractivity contribution in [1.82, 2.24) is 0 Å². The van der Waals surface area contributed by atoms with Crippen molar-refractivity contribution >= 4 is 5.97 Å².